The summed E-state index contributed by atoms with van der Waals surface area (Å²) in [5, 5.41) is 8.15. The number of nitrogens with one attached hydrogen (secondary N) is 1. The number of likely N-dealkylation sites (tertiary alicyclic amines) is 1. The molecule has 1 fully saturated rings. The van der Waals surface area contributed by atoms with Crippen LogP contribution in [0.15, 0.2) is 30.6 Å². The van der Waals surface area contributed by atoms with Crippen LogP contribution in [-0.4, -0.2) is 39.3 Å². The van der Waals surface area contributed by atoms with E-state index in [0.717, 1.165) is 39.3 Å². The van der Waals surface area contributed by atoms with Crippen molar-refractivity contribution in [2.24, 2.45) is 0 Å². The van der Waals surface area contributed by atoms with Crippen molar-refractivity contribution < 1.29 is 0 Å². The predicted molar refractivity (Wildman–Crippen MR) is 85.4 cm³/mol. The Morgan fingerprint density at radius 3 is 2.73 bits per heavy atom. The van der Waals surface area contributed by atoms with Gasteiger partial charge in [0, 0.05) is 32.0 Å². The van der Waals surface area contributed by atoms with Crippen molar-refractivity contribution in [3.05, 3.63) is 47.5 Å². The van der Waals surface area contributed by atoms with E-state index in [4.69, 9.17) is 5.10 Å². The first-order chi connectivity index (χ1) is 10.9. The Morgan fingerprint density at radius 1 is 1.14 bits per heavy atom. The molecule has 22 heavy (non-hydrogen) atoms. The van der Waals surface area contributed by atoms with Gasteiger partial charge in [0.15, 0.2) is 0 Å². The van der Waals surface area contributed by atoms with Gasteiger partial charge < -0.3 is 5.32 Å². The second-order valence-electron chi connectivity index (χ2n) is 6.36. The molecule has 1 N–H and O–H groups in total. The van der Waals surface area contributed by atoms with E-state index in [1.165, 1.54) is 29.8 Å². The van der Waals surface area contributed by atoms with Gasteiger partial charge in [-0.25, -0.2) is 0 Å². The van der Waals surface area contributed by atoms with Gasteiger partial charge in [0.1, 0.15) is 0 Å². The van der Waals surface area contributed by atoms with E-state index < -0.39 is 0 Å². The third-order valence-electron chi connectivity index (χ3n) is 4.87. The van der Waals surface area contributed by atoms with Crippen LogP contribution in [0.25, 0.3) is 0 Å². The van der Waals surface area contributed by atoms with Gasteiger partial charge in [-0.15, -0.1) is 0 Å². The van der Waals surface area contributed by atoms with E-state index in [9.17, 15) is 0 Å². The Kier molecular flexibility index (Phi) is 3.91. The Morgan fingerprint density at radius 2 is 1.95 bits per heavy atom. The van der Waals surface area contributed by atoms with Crippen molar-refractivity contribution in [2.75, 3.05) is 19.6 Å². The molecule has 0 unspecified atom stereocenters. The molecule has 5 heteroatoms. The monoisotopic (exact) mass is 297 g/mol. The second-order valence-corrected chi connectivity index (χ2v) is 6.36. The first-order valence-electron chi connectivity index (χ1n) is 8.27. The smallest absolute Gasteiger partial charge is 0.0768 e. The number of rotatable bonds is 3. The van der Waals surface area contributed by atoms with Crippen molar-refractivity contribution in [3.8, 4) is 0 Å². The van der Waals surface area contributed by atoms with Gasteiger partial charge in [-0.2, -0.15) is 5.10 Å². The SMILES string of the molecule is c1cc(C2CCN(Cc3cc4n(n3)CCNC4)CC2)ccn1. The molecule has 2 aromatic heterocycles. The predicted octanol–water partition coefficient (Wildman–Crippen LogP) is 1.76. The molecule has 0 radical (unpaired) electrons. The van der Waals surface area contributed by atoms with Gasteiger partial charge in [-0.3, -0.25) is 14.6 Å². The van der Waals surface area contributed by atoms with E-state index in [-0.39, 0.29) is 0 Å². The van der Waals surface area contributed by atoms with Crippen LogP contribution in [0.3, 0.4) is 0 Å². The summed E-state index contributed by atoms with van der Waals surface area (Å²) in [4.78, 5) is 6.66. The van der Waals surface area contributed by atoms with Crippen molar-refractivity contribution in [1.82, 2.24) is 25.0 Å². The number of piperidine rings is 1. The molecule has 2 aromatic rings. The van der Waals surface area contributed by atoms with Crippen molar-refractivity contribution in [3.63, 3.8) is 0 Å². The van der Waals surface area contributed by atoms with E-state index >= 15 is 0 Å². The van der Waals surface area contributed by atoms with E-state index in [0.29, 0.717) is 5.92 Å². The number of hydrogen-bond donors (Lipinski definition) is 1. The van der Waals surface area contributed by atoms with Crippen LogP contribution in [-0.2, 0) is 19.6 Å². The minimum Gasteiger partial charge on any atom is -0.309 e. The van der Waals surface area contributed by atoms with E-state index in [1.807, 2.05) is 12.4 Å². The van der Waals surface area contributed by atoms with Crippen LogP contribution in [0.5, 0.6) is 0 Å². The molecule has 4 rings (SSSR count). The standard InChI is InChI=1S/C17H23N5/c1-5-18-6-2-14(1)15-3-8-21(9-4-15)13-16-11-17-12-19-7-10-22(17)20-16/h1-2,5-6,11,15,19H,3-4,7-10,12-13H2. The van der Waals surface area contributed by atoms with Crippen LogP contribution in [0.4, 0.5) is 0 Å². The highest BCUT2D eigenvalue weighted by Crippen LogP contribution is 2.28. The van der Waals surface area contributed by atoms with Gasteiger partial charge in [0.05, 0.1) is 17.9 Å². The average molecular weight is 297 g/mol. The van der Waals surface area contributed by atoms with Gasteiger partial charge in [-0.1, -0.05) is 0 Å². The summed E-state index contributed by atoms with van der Waals surface area (Å²) >= 11 is 0. The van der Waals surface area contributed by atoms with Crippen LogP contribution in [0, 0.1) is 0 Å². The van der Waals surface area contributed by atoms with Gasteiger partial charge in [0.25, 0.3) is 0 Å². The third-order valence-corrected chi connectivity index (χ3v) is 4.87. The third kappa shape index (κ3) is 2.91. The number of pyridine rings is 1. The minimum atomic E-state index is 0.693. The molecule has 4 heterocycles. The maximum atomic E-state index is 4.75. The average Bonchev–Trinajstić information content (AvgIpc) is 2.98. The maximum Gasteiger partial charge on any atom is 0.0768 e. The molecule has 2 aliphatic heterocycles. The first kappa shape index (κ1) is 13.9. The van der Waals surface area contributed by atoms with E-state index in [2.05, 4.69) is 38.1 Å². The largest absolute Gasteiger partial charge is 0.309 e. The van der Waals surface area contributed by atoms with E-state index in [1.54, 1.807) is 0 Å². The molecule has 116 valence electrons. The van der Waals surface area contributed by atoms with Crippen molar-refractivity contribution in [1.29, 1.82) is 0 Å². The zero-order valence-corrected chi connectivity index (χ0v) is 12.9. The summed E-state index contributed by atoms with van der Waals surface area (Å²) in [6.45, 7) is 6.30. The summed E-state index contributed by atoms with van der Waals surface area (Å²) in [5.41, 5.74) is 3.99. The molecule has 0 saturated carbocycles. The zero-order valence-electron chi connectivity index (χ0n) is 12.9. The lowest BCUT2D eigenvalue weighted by atomic mass is 9.90. The first-order valence-corrected chi connectivity index (χ1v) is 8.27. The molecule has 2 aliphatic rings. The fourth-order valence-electron chi connectivity index (χ4n) is 3.62. The molecular formula is C17H23N5. The summed E-state index contributed by atoms with van der Waals surface area (Å²) < 4.78 is 2.16. The Hall–Kier alpha value is -1.72. The quantitative estimate of drug-likeness (QED) is 0.938. The summed E-state index contributed by atoms with van der Waals surface area (Å²) in [6, 6.07) is 6.59. The molecule has 0 spiro atoms. The lowest BCUT2D eigenvalue weighted by Crippen LogP contribution is -2.32. The molecule has 0 aliphatic carbocycles. The lowest BCUT2D eigenvalue weighted by Gasteiger charge is -2.31. The Bertz CT molecular complexity index is 590. The zero-order chi connectivity index (χ0) is 14.8. The fraction of sp³-hybridized carbons (Fsp3) is 0.529. The molecule has 0 amide bonds. The van der Waals surface area contributed by atoms with Gasteiger partial charge in [-0.05, 0) is 55.6 Å². The summed E-state index contributed by atoms with van der Waals surface area (Å²) in [6.07, 6.45) is 6.29. The number of hydrogen-bond acceptors (Lipinski definition) is 4. The molecular weight excluding hydrogens is 274 g/mol. The number of fused-ring (bicyclic) bond motifs is 1. The van der Waals surface area contributed by atoms with Gasteiger partial charge >= 0.3 is 0 Å². The van der Waals surface area contributed by atoms with Crippen molar-refractivity contribution >= 4 is 0 Å². The summed E-state index contributed by atoms with van der Waals surface area (Å²) in [7, 11) is 0. The fourth-order valence-corrected chi connectivity index (χ4v) is 3.62. The molecule has 0 aromatic carbocycles. The normalized spacial score (nSPS) is 20.0. The van der Waals surface area contributed by atoms with Gasteiger partial charge in [0.2, 0.25) is 0 Å². The highest BCUT2D eigenvalue weighted by molar-refractivity contribution is 5.17. The van der Waals surface area contributed by atoms with Crippen molar-refractivity contribution in [2.45, 2.75) is 38.4 Å². The van der Waals surface area contributed by atoms with Crippen LogP contribution in [0.1, 0.15) is 35.7 Å². The summed E-state index contributed by atoms with van der Waals surface area (Å²) in [5.74, 6) is 0.693. The maximum absolute atomic E-state index is 4.75. The number of nitrogens with zero attached hydrogens (tertiary/aromatic N) is 4. The second kappa shape index (κ2) is 6.18. The molecule has 5 nitrogen and oxygen atoms in total. The number of aromatic nitrogens is 3. The topological polar surface area (TPSA) is 46.0 Å². The van der Waals surface area contributed by atoms with Crippen LogP contribution >= 0.6 is 0 Å². The molecule has 0 atom stereocenters. The lowest BCUT2D eigenvalue weighted by molar-refractivity contribution is 0.202. The molecule has 0 bridgehead atoms. The Balaban J connectivity index is 1.35. The van der Waals surface area contributed by atoms with Crippen LogP contribution in [0.2, 0.25) is 0 Å². The minimum absolute atomic E-state index is 0.693. The Labute approximate surface area is 131 Å². The molecule has 1 saturated heterocycles. The highest BCUT2D eigenvalue weighted by atomic mass is 15.3. The highest BCUT2D eigenvalue weighted by Gasteiger charge is 2.21. The van der Waals surface area contributed by atoms with Crippen LogP contribution < -0.4 is 5.32 Å².